The Bertz CT molecular complexity index is 1770. The average molecular weight is 640 g/mol. The van der Waals surface area contributed by atoms with Gasteiger partial charge in [-0.2, -0.15) is 0 Å². The van der Waals surface area contributed by atoms with Crippen LogP contribution in [-0.4, -0.2) is 32.1 Å². The number of aromatic nitrogens is 2. The third kappa shape index (κ3) is 6.65. The number of nitrogens with zero attached hydrogens (tertiary/aromatic N) is 2. The fourth-order valence-electron chi connectivity index (χ4n) is 4.85. The number of rotatable bonds is 6. The van der Waals surface area contributed by atoms with Gasteiger partial charge in [-0.05, 0) is 58.3 Å². The van der Waals surface area contributed by atoms with Crippen LogP contribution < -0.4 is 0 Å². The van der Waals surface area contributed by atoms with Crippen molar-refractivity contribution in [1.82, 2.24) is 9.97 Å². The topological polar surface area (TPSA) is 100 Å². The highest BCUT2D eigenvalue weighted by atomic mass is 79.9. The first-order valence-corrected chi connectivity index (χ1v) is 14.2. The maximum atomic E-state index is 11.0. The van der Waals surface area contributed by atoms with Crippen molar-refractivity contribution in [3.05, 3.63) is 130 Å². The number of carboxylic acids is 2. The Kier molecular flexibility index (Phi) is 8.91. The zero-order chi connectivity index (χ0) is 29.6. The summed E-state index contributed by atoms with van der Waals surface area (Å²) in [6.45, 7) is 0. The van der Waals surface area contributed by atoms with Gasteiger partial charge in [0.25, 0.3) is 0 Å². The van der Waals surface area contributed by atoms with Crippen LogP contribution in [0.3, 0.4) is 0 Å². The molecule has 0 saturated carbocycles. The fraction of sp³-hybridized carbons (Fsp3) is 0.0588. The maximum Gasteiger partial charge on any atom is 0.307 e. The Labute approximate surface area is 255 Å². The number of aliphatic carboxylic acids is 2. The number of hydrogen-bond donors (Lipinski definition) is 2. The van der Waals surface area contributed by atoms with E-state index in [0.717, 1.165) is 59.7 Å². The molecule has 0 aliphatic rings. The molecule has 2 N–H and O–H groups in total. The molecule has 208 valence electrons. The lowest BCUT2D eigenvalue weighted by Crippen LogP contribution is -2.01. The molecule has 0 spiro atoms. The standard InChI is InChI=1S/C17H12BrNO2.C17H12ClNO2/c2*18-13-6-4-11(5-7-13)17-15-3-1-2-12(10-16(20)21)14(15)8-9-19-17/h2*1-9H,10H2,(H,20,21). The second-order valence-corrected chi connectivity index (χ2v) is 10.9. The van der Waals surface area contributed by atoms with Crippen LogP contribution in [0.4, 0.5) is 0 Å². The van der Waals surface area contributed by atoms with Crippen molar-refractivity contribution in [2.45, 2.75) is 12.8 Å². The normalized spacial score (nSPS) is 10.7. The Hall–Kier alpha value is -4.59. The largest absolute Gasteiger partial charge is 0.481 e. The molecule has 0 radical (unpaired) electrons. The van der Waals surface area contributed by atoms with Gasteiger partial charge in [0.2, 0.25) is 0 Å². The maximum absolute atomic E-state index is 11.0. The molecule has 2 heterocycles. The number of carboxylic acid groups (broad SMARTS) is 2. The molecule has 0 aliphatic heterocycles. The van der Waals surface area contributed by atoms with Gasteiger partial charge in [-0.1, -0.05) is 88.2 Å². The average Bonchev–Trinajstić information content (AvgIpc) is 2.98. The Morgan fingerprint density at radius 2 is 1.02 bits per heavy atom. The minimum atomic E-state index is -0.840. The quantitative estimate of drug-likeness (QED) is 0.190. The summed E-state index contributed by atoms with van der Waals surface area (Å²) in [6.07, 6.45) is 3.45. The first-order valence-electron chi connectivity index (χ1n) is 13.0. The van der Waals surface area contributed by atoms with E-state index in [1.165, 1.54) is 0 Å². The minimum absolute atomic E-state index is 0.00140. The van der Waals surface area contributed by atoms with Crippen molar-refractivity contribution in [3.8, 4) is 22.5 Å². The number of pyridine rings is 2. The molecule has 2 aromatic heterocycles. The summed E-state index contributed by atoms with van der Waals surface area (Å²) < 4.78 is 1.01. The molecule has 6 aromatic rings. The van der Waals surface area contributed by atoms with Gasteiger partial charge in [0.1, 0.15) is 0 Å². The fourth-order valence-corrected chi connectivity index (χ4v) is 5.24. The Morgan fingerprint density at radius 3 is 1.45 bits per heavy atom. The first-order chi connectivity index (χ1) is 20.3. The van der Waals surface area contributed by atoms with Crippen LogP contribution in [0.2, 0.25) is 5.02 Å². The lowest BCUT2D eigenvalue weighted by atomic mass is 9.99. The molecule has 6 nitrogen and oxygen atoms in total. The molecule has 0 atom stereocenters. The molecule has 0 saturated heterocycles. The van der Waals surface area contributed by atoms with Crippen LogP contribution in [0.25, 0.3) is 44.1 Å². The minimum Gasteiger partial charge on any atom is -0.481 e. The number of halogens is 2. The van der Waals surface area contributed by atoms with E-state index in [4.69, 9.17) is 21.8 Å². The smallest absolute Gasteiger partial charge is 0.307 e. The monoisotopic (exact) mass is 638 g/mol. The molecule has 8 heteroatoms. The van der Waals surface area contributed by atoms with E-state index in [-0.39, 0.29) is 12.8 Å². The van der Waals surface area contributed by atoms with E-state index in [1.54, 1.807) is 12.4 Å². The first kappa shape index (κ1) is 28.9. The number of hydrogen-bond acceptors (Lipinski definition) is 4. The molecule has 0 bridgehead atoms. The summed E-state index contributed by atoms with van der Waals surface area (Å²) in [6, 6.07) is 30.5. The summed E-state index contributed by atoms with van der Waals surface area (Å²) in [4.78, 5) is 30.9. The van der Waals surface area contributed by atoms with E-state index in [0.29, 0.717) is 5.02 Å². The molecule has 6 rings (SSSR count). The Morgan fingerprint density at radius 1 is 0.595 bits per heavy atom. The molecule has 4 aromatic carbocycles. The van der Waals surface area contributed by atoms with Crippen molar-refractivity contribution in [2.24, 2.45) is 0 Å². The molecule has 0 amide bonds. The van der Waals surface area contributed by atoms with Gasteiger partial charge < -0.3 is 10.2 Å². The highest BCUT2D eigenvalue weighted by molar-refractivity contribution is 9.10. The highest BCUT2D eigenvalue weighted by Gasteiger charge is 2.11. The molecule has 0 unspecified atom stereocenters. The van der Waals surface area contributed by atoms with Crippen molar-refractivity contribution in [3.63, 3.8) is 0 Å². The van der Waals surface area contributed by atoms with Crippen molar-refractivity contribution < 1.29 is 19.8 Å². The van der Waals surface area contributed by atoms with Crippen LogP contribution >= 0.6 is 27.5 Å². The molecular formula is C34H24BrClN2O4. The number of benzene rings is 4. The van der Waals surface area contributed by atoms with E-state index in [9.17, 15) is 9.59 Å². The van der Waals surface area contributed by atoms with E-state index >= 15 is 0 Å². The zero-order valence-corrected chi connectivity index (χ0v) is 24.5. The number of fused-ring (bicyclic) bond motifs is 2. The van der Waals surface area contributed by atoms with Crippen LogP contribution in [0.1, 0.15) is 11.1 Å². The molecule has 0 aliphatic carbocycles. The van der Waals surface area contributed by atoms with E-state index < -0.39 is 11.9 Å². The van der Waals surface area contributed by atoms with Crippen LogP contribution in [-0.2, 0) is 22.4 Å². The van der Waals surface area contributed by atoms with Crippen LogP contribution in [0.15, 0.2) is 114 Å². The second kappa shape index (κ2) is 12.9. The molecular weight excluding hydrogens is 616 g/mol. The summed E-state index contributed by atoms with van der Waals surface area (Å²) in [7, 11) is 0. The summed E-state index contributed by atoms with van der Waals surface area (Å²) >= 11 is 9.34. The van der Waals surface area contributed by atoms with Crippen molar-refractivity contribution in [2.75, 3.05) is 0 Å². The van der Waals surface area contributed by atoms with E-state index in [2.05, 4.69) is 25.9 Å². The van der Waals surface area contributed by atoms with E-state index in [1.807, 2.05) is 97.1 Å². The second-order valence-electron chi connectivity index (χ2n) is 9.50. The Balaban J connectivity index is 0.000000168. The van der Waals surface area contributed by atoms with Gasteiger partial charge in [-0.25, -0.2) is 0 Å². The lowest BCUT2D eigenvalue weighted by Gasteiger charge is -2.09. The van der Waals surface area contributed by atoms with Gasteiger partial charge in [0.15, 0.2) is 0 Å². The van der Waals surface area contributed by atoms with Crippen LogP contribution in [0.5, 0.6) is 0 Å². The van der Waals surface area contributed by atoms with Gasteiger partial charge in [-0.3, -0.25) is 19.6 Å². The third-order valence-corrected chi connectivity index (χ3v) is 7.49. The van der Waals surface area contributed by atoms with Gasteiger partial charge in [-0.15, -0.1) is 0 Å². The predicted octanol–water partition coefficient (Wildman–Crippen LogP) is 8.47. The molecule has 0 fully saturated rings. The third-order valence-electron chi connectivity index (χ3n) is 6.71. The van der Waals surface area contributed by atoms with Gasteiger partial charge in [0, 0.05) is 43.8 Å². The summed E-state index contributed by atoms with van der Waals surface area (Å²) in [5.41, 5.74) is 5.26. The SMILES string of the molecule is O=C(O)Cc1cccc2c(-c3ccc(Br)cc3)nccc12.O=C(O)Cc1cccc2c(-c3ccc(Cl)cc3)nccc12. The van der Waals surface area contributed by atoms with Crippen molar-refractivity contribution >= 4 is 61.0 Å². The van der Waals surface area contributed by atoms with Gasteiger partial charge in [0.05, 0.1) is 24.2 Å². The zero-order valence-electron chi connectivity index (χ0n) is 22.2. The number of carbonyl (C=O) groups is 2. The van der Waals surface area contributed by atoms with Crippen molar-refractivity contribution in [1.29, 1.82) is 0 Å². The van der Waals surface area contributed by atoms with Gasteiger partial charge >= 0.3 is 11.9 Å². The highest BCUT2D eigenvalue weighted by Crippen LogP contribution is 2.31. The lowest BCUT2D eigenvalue weighted by molar-refractivity contribution is -0.137. The van der Waals surface area contributed by atoms with Crippen LogP contribution in [0, 0.1) is 0 Å². The summed E-state index contributed by atoms with van der Waals surface area (Å²) in [5.74, 6) is -1.67. The molecule has 42 heavy (non-hydrogen) atoms. The summed E-state index contributed by atoms with van der Waals surface area (Å²) in [5, 5.41) is 22.5. The predicted molar refractivity (Wildman–Crippen MR) is 170 cm³/mol.